The first-order chi connectivity index (χ1) is 9.60. The minimum absolute atomic E-state index is 0.0152. The number of amidine groups is 1. The fourth-order valence-electron chi connectivity index (χ4n) is 2.70. The van der Waals surface area contributed by atoms with Gasteiger partial charge in [-0.3, -0.25) is 4.79 Å². The fraction of sp³-hybridized carbons (Fsp3) is 0.875. The third-order valence-electron chi connectivity index (χ3n) is 5.07. The predicted molar refractivity (Wildman–Crippen MR) is 85.2 cm³/mol. The smallest absolute Gasteiger partial charge is 0.221 e. The Morgan fingerprint density at radius 3 is 2.38 bits per heavy atom. The first-order valence-electron chi connectivity index (χ1n) is 7.90. The number of nitrogens with one attached hydrogen (secondary N) is 1. The monoisotopic (exact) mass is 297 g/mol. The maximum atomic E-state index is 12.4. The molecule has 1 aliphatic carbocycles. The molecule has 0 aromatic heterocycles. The molecule has 1 unspecified atom stereocenters. The second-order valence-corrected chi connectivity index (χ2v) is 7.77. The van der Waals surface area contributed by atoms with Crippen molar-refractivity contribution in [2.75, 3.05) is 0 Å². The molecule has 1 atom stereocenters. The van der Waals surface area contributed by atoms with Gasteiger partial charge in [-0.2, -0.15) is 0 Å². The summed E-state index contributed by atoms with van der Waals surface area (Å²) in [6.45, 7) is 10.7. The van der Waals surface area contributed by atoms with Gasteiger partial charge in [0.2, 0.25) is 5.91 Å². The molecule has 21 heavy (non-hydrogen) atoms. The number of nitrogens with zero attached hydrogens (tertiary/aromatic N) is 1. The maximum absolute atomic E-state index is 12.4. The van der Waals surface area contributed by atoms with E-state index in [-0.39, 0.29) is 23.1 Å². The average Bonchev–Trinajstić information content (AvgIpc) is 2.39. The zero-order valence-electron chi connectivity index (χ0n) is 14.1. The molecule has 0 spiro atoms. The number of hydrogen-bond acceptors (Lipinski definition) is 3. The summed E-state index contributed by atoms with van der Waals surface area (Å²) in [5, 5.41) is 15.3. The third-order valence-corrected chi connectivity index (χ3v) is 5.07. The molecule has 0 aliphatic heterocycles. The van der Waals surface area contributed by atoms with Crippen LogP contribution in [0, 0.1) is 17.3 Å². The van der Waals surface area contributed by atoms with E-state index in [1.54, 1.807) is 0 Å². The van der Waals surface area contributed by atoms with E-state index in [2.05, 4.69) is 45.1 Å². The van der Waals surface area contributed by atoms with E-state index in [4.69, 9.17) is 10.9 Å². The van der Waals surface area contributed by atoms with Crippen LogP contribution in [0.3, 0.4) is 0 Å². The van der Waals surface area contributed by atoms with Gasteiger partial charge >= 0.3 is 0 Å². The topological polar surface area (TPSA) is 87.7 Å². The number of oxime groups is 1. The van der Waals surface area contributed by atoms with E-state index >= 15 is 0 Å². The molecule has 1 fully saturated rings. The van der Waals surface area contributed by atoms with E-state index in [1.807, 2.05) is 0 Å². The van der Waals surface area contributed by atoms with Crippen LogP contribution in [0.5, 0.6) is 0 Å². The molecule has 0 aromatic carbocycles. The van der Waals surface area contributed by atoms with Crippen LogP contribution in [0.2, 0.25) is 0 Å². The van der Waals surface area contributed by atoms with Gasteiger partial charge in [-0.1, -0.05) is 39.8 Å². The molecule has 1 saturated carbocycles. The van der Waals surface area contributed by atoms with Crippen LogP contribution in [-0.2, 0) is 4.79 Å². The summed E-state index contributed by atoms with van der Waals surface area (Å²) in [4.78, 5) is 12.4. The van der Waals surface area contributed by atoms with Crippen molar-refractivity contribution in [3.05, 3.63) is 0 Å². The van der Waals surface area contributed by atoms with Gasteiger partial charge in [-0.25, -0.2) is 0 Å². The molecule has 1 aliphatic rings. The fourth-order valence-corrected chi connectivity index (χ4v) is 2.70. The van der Waals surface area contributed by atoms with Crippen molar-refractivity contribution >= 4 is 11.7 Å². The van der Waals surface area contributed by atoms with Crippen LogP contribution in [0.4, 0.5) is 0 Å². The van der Waals surface area contributed by atoms with Crippen molar-refractivity contribution in [3.63, 3.8) is 0 Å². The minimum Gasteiger partial charge on any atom is -0.409 e. The molecule has 0 bridgehead atoms. The van der Waals surface area contributed by atoms with Crippen LogP contribution < -0.4 is 11.1 Å². The summed E-state index contributed by atoms with van der Waals surface area (Å²) in [5.74, 6) is 1.00. The Bertz CT molecular complexity index is 391. The van der Waals surface area contributed by atoms with Crippen LogP contribution in [-0.4, -0.2) is 22.5 Å². The summed E-state index contributed by atoms with van der Waals surface area (Å²) in [6, 6.07) is 0. The number of rotatable bonds is 4. The summed E-state index contributed by atoms with van der Waals surface area (Å²) in [7, 11) is 0. The molecule has 0 heterocycles. The number of nitrogens with two attached hydrogens (primary N) is 1. The van der Waals surface area contributed by atoms with Crippen LogP contribution in [0.25, 0.3) is 0 Å². The van der Waals surface area contributed by atoms with E-state index in [9.17, 15) is 4.79 Å². The first-order valence-corrected chi connectivity index (χ1v) is 7.90. The van der Waals surface area contributed by atoms with Crippen LogP contribution in [0.1, 0.15) is 66.7 Å². The highest BCUT2D eigenvalue weighted by molar-refractivity contribution is 5.94. The SMILES string of the molecule is CC1CCC(NC(=O)CC(C)C(C)(C)C)(C(N)=NO)CC1. The molecule has 1 rings (SSSR count). The van der Waals surface area contributed by atoms with Gasteiger partial charge in [0.15, 0.2) is 5.84 Å². The second-order valence-electron chi connectivity index (χ2n) is 7.77. The van der Waals surface area contributed by atoms with Crippen LogP contribution in [0.15, 0.2) is 5.16 Å². The van der Waals surface area contributed by atoms with Gasteiger partial charge in [0, 0.05) is 6.42 Å². The molecule has 122 valence electrons. The summed E-state index contributed by atoms with van der Waals surface area (Å²) in [5.41, 5.74) is 5.29. The molecular weight excluding hydrogens is 266 g/mol. The largest absolute Gasteiger partial charge is 0.409 e. The standard InChI is InChI=1S/C16H31N3O2/c1-11-6-8-16(9-7-11,14(17)19-21)18-13(20)10-12(2)15(3,4)5/h11-12,21H,6-10H2,1-5H3,(H2,17,19)(H,18,20). The molecule has 0 aromatic rings. The summed E-state index contributed by atoms with van der Waals surface area (Å²) >= 11 is 0. The van der Waals surface area contributed by atoms with Crippen molar-refractivity contribution in [1.82, 2.24) is 5.32 Å². The minimum atomic E-state index is -0.671. The normalized spacial score (nSPS) is 29.0. The number of amides is 1. The summed E-state index contributed by atoms with van der Waals surface area (Å²) in [6.07, 6.45) is 3.88. The van der Waals surface area contributed by atoms with E-state index in [1.165, 1.54) is 0 Å². The molecule has 5 nitrogen and oxygen atoms in total. The molecule has 0 saturated heterocycles. The molecule has 4 N–H and O–H groups in total. The number of carbonyl (C=O) groups excluding carboxylic acids is 1. The second kappa shape index (κ2) is 6.67. The Balaban J connectivity index is 2.77. The third kappa shape index (κ3) is 4.61. The van der Waals surface area contributed by atoms with E-state index in [0.29, 0.717) is 12.3 Å². The molecule has 0 radical (unpaired) electrons. The van der Waals surface area contributed by atoms with Gasteiger partial charge in [0.1, 0.15) is 5.54 Å². The van der Waals surface area contributed by atoms with E-state index < -0.39 is 5.54 Å². The number of hydrogen-bond donors (Lipinski definition) is 3. The maximum Gasteiger partial charge on any atom is 0.221 e. The quantitative estimate of drug-likeness (QED) is 0.323. The lowest BCUT2D eigenvalue weighted by molar-refractivity contribution is -0.124. The Kier molecular flexibility index (Phi) is 5.65. The summed E-state index contributed by atoms with van der Waals surface area (Å²) < 4.78 is 0. The van der Waals surface area contributed by atoms with Crippen LogP contribution >= 0.6 is 0 Å². The van der Waals surface area contributed by atoms with Crippen molar-refractivity contribution in [1.29, 1.82) is 0 Å². The number of carbonyl (C=O) groups is 1. The highest BCUT2D eigenvalue weighted by Gasteiger charge is 2.40. The van der Waals surface area contributed by atoms with Gasteiger partial charge in [0.05, 0.1) is 0 Å². The first kappa shape index (κ1) is 17.8. The van der Waals surface area contributed by atoms with E-state index in [0.717, 1.165) is 25.7 Å². The lowest BCUT2D eigenvalue weighted by Crippen LogP contribution is -2.59. The van der Waals surface area contributed by atoms with Crippen molar-refractivity contribution in [3.8, 4) is 0 Å². The van der Waals surface area contributed by atoms with Gasteiger partial charge < -0.3 is 16.3 Å². The Labute approximate surface area is 128 Å². The lowest BCUT2D eigenvalue weighted by atomic mass is 9.75. The average molecular weight is 297 g/mol. The van der Waals surface area contributed by atoms with Gasteiger partial charge in [-0.05, 0) is 42.9 Å². The Hall–Kier alpha value is -1.26. The van der Waals surface area contributed by atoms with Crippen molar-refractivity contribution < 1.29 is 10.0 Å². The highest BCUT2D eigenvalue weighted by Crippen LogP contribution is 2.33. The molecule has 1 amide bonds. The van der Waals surface area contributed by atoms with Crippen molar-refractivity contribution in [2.45, 2.75) is 72.3 Å². The molecule has 5 heteroatoms. The van der Waals surface area contributed by atoms with Gasteiger partial charge in [0.25, 0.3) is 0 Å². The van der Waals surface area contributed by atoms with Crippen molar-refractivity contribution in [2.24, 2.45) is 28.1 Å². The molecular formula is C16H31N3O2. The van der Waals surface area contributed by atoms with Gasteiger partial charge in [-0.15, -0.1) is 0 Å². The zero-order chi connectivity index (χ0) is 16.3. The zero-order valence-corrected chi connectivity index (χ0v) is 14.1. The predicted octanol–water partition coefficient (Wildman–Crippen LogP) is 2.87. The Morgan fingerprint density at radius 2 is 1.95 bits per heavy atom. The Morgan fingerprint density at radius 1 is 1.43 bits per heavy atom. The lowest BCUT2D eigenvalue weighted by Gasteiger charge is -2.39. The highest BCUT2D eigenvalue weighted by atomic mass is 16.4.